The van der Waals surface area contributed by atoms with Gasteiger partial charge in [0, 0.05) is 24.2 Å². The Kier molecular flexibility index (Phi) is 4.52. The van der Waals surface area contributed by atoms with E-state index in [1.54, 1.807) is 4.90 Å². The van der Waals surface area contributed by atoms with Crippen LogP contribution in [0.5, 0.6) is 5.75 Å². The normalized spacial score (nSPS) is 19.8. The molecule has 1 atom stereocenters. The van der Waals surface area contributed by atoms with Crippen LogP contribution in [0.1, 0.15) is 55.4 Å². The molecule has 2 aliphatic rings. The summed E-state index contributed by atoms with van der Waals surface area (Å²) in [6.07, 6.45) is 5.72. The number of carboxylic acids is 1. The summed E-state index contributed by atoms with van der Waals surface area (Å²) in [5.41, 5.74) is 4.78. The summed E-state index contributed by atoms with van der Waals surface area (Å²) in [6.45, 7) is 4.41. The van der Waals surface area contributed by atoms with E-state index in [1.165, 1.54) is 5.56 Å². The van der Waals surface area contributed by atoms with Crippen LogP contribution >= 0.6 is 0 Å². The summed E-state index contributed by atoms with van der Waals surface area (Å²) in [5, 5.41) is 20.3. The Morgan fingerprint density at radius 1 is 1.17 bits per heavy atom. The number of rotatable bonds is 4. The van der Waals surface area contributed by atoms with Crippen molar-refractivity contribution in [2.75, 3.05) is 11.4 Å². The van der Waals surface area contributed by atoms with Gasteiger partial charge in [-0.1, -0.05) is 13.3 Å². The molecule has 1 unspecified atom stereocenters. The fourth-order valence-corrected chi connectivity index (χ4v) is 4.34. The third kappa shape index (κ3) is 2.46. The first-order valence-corrected chi connectivity index (χ1v) is 8.91. The SMILES string of the molecule is CCCc1c2c(c(O)c3c1N(CC)C(C(=O)O)C(=O)C3)CCCC2. The molecule has 1 aliphatic carbocycles. The van der Waals surface area contributed by atoms with Gasteiger partial charge in [-0.25, -0.2) is 4.79 Å². The van der Waals surface area contributed by atoms with Gasteiger partial charge in [0.2, 0.25) is 0 Å². The fourth-order valence-electron chi connectivity index (χ4n) is 4.34. The van der Waals surface area contributed by atoms with Crippen molar-refractivity contribution in [3.05, 3.63) is 22.3 Å². The molecule has 0 saturated carbocycles. The molecule has 0 fully saturated rings. The van der Waals surface area contributed by atoms with Gasteiger partial charge in [-0.2, -0.15) is 0 Å². The van der Waals surface area contributed by atoms with Crippen LogP contribution in [-0.4, -0.2) is 34.6 Å². The minimum Gasteiger partial charge on any atom is -0.507 e. The van der Waals surface area contributed by atoms with Crippen molar-refractivity contribution in [3.63, 3.8) is 0 Å². The lowest BCUT2D eigenvalue weighted by Crippen LogP contribution is -2.51. The molecule has 0 amide bonds. The van der Waals surface area contributed by atoms with Crippen molar-refractivity contribution in [1.29, 1.82) is 0 Å². The van der Waals surface area contributed by atoms with Gasteiger partial charge in [0.05, 0.1) is 0 Å². The molecule has 130 valence electrons. The second-order valence-electron chi connectivity index (χ2n) is 6.74. The first-order chi connectivity index (χ1) is 11.5. The number of hydrogen-bond acceptors (Lipinski definition) is 4. The Morgan fingerprint density at radius 2 is 1.83 bits per heavy atom. The molecule has 5 heteroatoms. The van der Waals surface area contributed by atoms with Crippen LogP contribution in [0.4, 0.5) is 5.69 Å². The number of anilines is 1. The summed E-state index contributed by atoms with van der Waals surface area (Å²) in [6, 6.07) is -1.14. The molecule has 0 spiro atoms. The van der Waals surface area contributed by atoms with Gasteiger partial charge in [-0.3, -0.25) is 4.79 Å². The standard InChI is InChI=1S/C19H25NO4/c1-3-7-12-11-8-5-6-9-13(11)18(22)14-10-15(21)17(19(23)24)20(4-2)16(12)14/h17,22H,3-10H2,1-2H3,(H,23,24). The molecule has 0 bridgehead atoms. The Labute approximate surface area is 142 Å². The number of hydrogen-bond donors (Lipinski definition) is 2. The summed E-state index contributed by atoms with van der Waals surface area (Å²) in [7, 11) is 0. The average Bonchev–Trinajstić information content (AvgIpc) is 2.57. The van der Waals surface area contributed by atoms with E-state index < -0.39 is 12.0 Å². The minimum absolute atomic E-state index is 0.0125. The van der Waals surface area contributed by atoms with E-state index in [4.69, 9.17) is 0 Å². The lowest BCUT2D eigenvalue weighted by Gasteiger charge is -2.39. The monoisotopic (exact) mass is 331 g/mol. The van der Waals surface area contributed by atoms with Crippen molar-refractivity contribution in [1.82, 2.24) is 0 Å². The zero-order chi connectivity index (χ0) is 17.4. The summed E-state index contributed by atoms with van der Waals surface area (Å²) in [5.74, 6) is -1.22. The lowest BCUT2D eigenvalue weighted by molar-refractivity contribution is -0.142. The van der Waals surface area contributed by atoms with Crippen LogP contribution in [0.25, 0.3) is 0 Å². The minimum atomic E-state index is -1.14. The fraction of sp³-hybridized carbons (Fsp3) is 0.579. The van der Waals surface area contributed by atoms with E-state index in [0.717, 1.165) is 55.3 Å². The van der Waals surface area contributed by atoms with Crippen LogP contribution in [0.2, 0.25) is 0 Å². The van der Waals surface area contributed by atoms with Gasteiger partial charge in [0.1, 0.15) is 5.75 Å². The van der Waals surface area contributed by atoms with Crippen LogP contribution in [0, 0.1) is 0 Å². The van der Waals surface area contributed by atoms with Crippen molar-refractivity contribution in [2.24, 2.45) is 0 Å². The molecule has 3 rings (SSSR count). The molecule has 1 aromatic carbocycles. The Balaban J connectivity index is 2.29. The predicted octanol–water partition coefficient (Wildman–Crippen LogP) is 2.63. The van der Waals surface area contributed by atoms with E-state index in [0.29, 0.717) is 12.1 Å². The molecule has 1 heterocycles. The topological polar surface area (TPSA) is 77.8 Å². The molecule has 0 saturated heterocycles. The van der Waals surface area contributed by atoms with Gasteiger partial charge >= 0.3 is 5.97 Å². The number of Topliss-reactive ketones (excluding diaryl/α,β-unsaturated/α-hetero) is 1. The number of ketones is 1. The molecular weight excluding hydrogens is 306 g/mol. The third-order valence-electron chi connectivity index (χ3n) is 5.30. The van der Waals surface area contributed by atoms with Gasteiger partial charge < -0.3 is 15.1 Å². The molecule has 1 aliphatic heterocycles. The molecular formula is C19H25NO4. The first kappa shape index (κ1) is 16.8. The molecule has 2 N–H and O–H groups in total. The van der Waals surface area contributed by atoms with E-state index in [2.05, 4.69) is 6.92 Å². The van der Waals surface area contributed by atoms with E-state index >= 15 is 0 Å². The summed E-state index contributed by atoms with van der Waals surface area (Å²) >= 11 is 0. The Morgan fingerprint density at radius 3 is 2.42 bits per heavy atom. The summed E-state index contributed by atoms with van der Waals surface area (Å²) in [4.78, 5) is 25.8. The average molecular weight is 331 g/mol. The molecule has 0 radical (unpaired) electrons. The quantitative estimate of drug-likeness (QED) is 0.829. The second-order valence-corrected chi connectivity index (χ2v) is 6.74. The number of phenolic OH excluding ortho intramolecular Hbond substituents is 1. The van der Waals surface area contributed by atoms with Gasteiger partial charge in [-0.05, 0) is 55.7 Å². The van der Waals surface area contributed by atoms with E-state index in [-0.39, 0.29) is 18.0 Å². The van der Waals surface area contributed by atoms with Gasteiger partial charge in [0.25, 0.3) is 0 Å². The van der Waals surface area contributed by atoms with E-state index in [1.807, 2.05) is 6.92 Å². The number of aromatic hydroxyl groups is 1. The van der Waals surface area contributed by atoms with Crippen molar-refractivity contribution in [2.45, 2.75) is 64.8 Å². The smallest absolute Gasteiger partial charge is 0.334 e. The van der Waals surface area contributed by atoms with Crippen molar-refractivity contribution >= 4 is 17.4 Å². The Hall–Kier alpha value is -2.04. The van der Waals surface area contributed by atoms with Crippen LogP contribution in [0.3, 0.4) is 0 Å². The number of fused-ring (bicyclic) bond motifs is 2. The highest BCUT2D eigenvalue weighted by atomic mass is 16.4. The lowest BCUT2D eigenvalue weighted by atomic mass is 9.79. The number of phenols is 1. The predicted molar refractivity (Wildman–Crippen MR) is 91.9 cm³/mol. The largest absolute Gasteiger partial charge is 0.507 e. The summed E-state index contributed by atoms with van der Waals surface area (Å²) < 4.78 is 0. The van der Waals surface area contributed by atoms with Crippen molar-refractivity contribution in [3.8, 4) is 5.75 Å². The highest BCUT2D eigenvalue weighted by Gasteiger charge is 2.41. The Bertz CT molecular complexity index is 695. The van der Waals surface area contributed by atoms with Crippen LogP contribution < -0.4 is 4.90 Å². The van der Waals surface area contributed by atoms with Crippen molar-refractivity contribution < 1.29 is 19.8 Å². The molecule has 24 heavy (non-hydrogen) atoms. The zero-order valence-electron chi connectivity index (χ0n) is 14.4. The van der Waals surface area contributed by atoms with Crippen LogP contribution in [0.15, 0.2) is 0 Å². The molecule has 5 nitrogen and oxygen atoms in total. The number of nitrogens with zero attached hydrogens (tertiary/aromatic N) is 1. The number of likely N-dealkylation sites (N-methyl/N-ethyl adjacent to an activating group) is 1. The molecule has 1 aromatic rings. The third-order valence-corrected chi connectivity index (χ3v) is 5.30. The maximum atomic E-state index is 12.4. The van der Waals surface area contributed by atoms with E-state index in [9.17, 15) is 19.8 Å². The highest BCUT2D eigenvalue weighted by molar-refractivity contribution is 6.09. The van der Waals surface area contributed by atoms with Gasteiger partial charge in [-0.15, -0.1) is 0 Å². The number of aliphatic carboxylic acids is 1. The van der Waals surface area contributed by atoms with Crippen LogP contribution in [-0.2, 0) is 35.3 Å². The highest BCUT2D eigenvalue weighted by Crippen LogP contribution is 2.45. The van der Waals surface area contributed by atoms with Gasteiger partial charge in [0.15, 0.2) is 11.8 Å². The number of benzene rings is 1. The second kappa shape index (κ2) is 6.46. The maximum absolute atomic E-state index is 12.4. The number of carbonyl (C=O) groups excluding carboxylic acids is 1. The zero-order valence-corrected chi connectivity index (χ0v) is 14.4. The molecule has 0 aromatic heterocycles. The number of carboxylic acid groups (broad SMARTS) is 1. The maximum Gasteiger partial charge on any atom is 0.334 e. The first-order valence-electron chi connectivity index (χ1n) is 8.91. The number of carbonyl (C=O) groups is 2.